The molecule has 1 N–H and O–H groups in total. The molecule has 0 saturated carbocycles. The fourth-order valence-electron chi connectivity index (χ4n) is 4.24. The number of hydrogen-bond acceptors (Lipinski definition) is 4. The lowest BCUT2D eigenvalue weighted by Crippen LogP contribution is -2.51. The van der Waals surface area contributed by atoms with Crippen molar-refractivity contribution < 1.29 is 18.0 Å². The van der Waals surface area contributed by atoms with E-state index in [2.05, 4.69) is 5.32 Å². The quantitative estimate of drug-likeness (QED) is 0.365. The summed E-state index contributed by atoms with van der Waals surface area (Å²) in [4.78, 5) is 28.6. The zero-order valence-electron chi connectivity index (χ0n) is 23.6. The second-order valence-electron chi connectivity index (χ2n) is 10.4. The molecule has 1 atom stereocenters. The average Bonchev–Trinajstić information content (AvgIpc) is 2.89. The van der Waals surface area contributed by atoms with E-state index in [0.29, 0.717) is 17.8 Å². The Morgan fingerprint density at radius 3 is 2.13 bits per heavy atom. The van der Waals surface area contributed by atoms with Gasteiger partial charge in [-0.1, -0.05) is 79.6 Å². The van der Waals surface area contributed by atoms with E-state index in [0.717, 1.165) is 21.0 Å². The van der Waals surface area contributed by atoms with Crippen LogP contribution in [-0.4, -0.2) is 44.3 Å². The van der Waals surface area contributed by atoms with Gasteiger partial charge in [-0.15, -0.1) is 0 Å². The van der Waals surface area contributed by atoms with Crippen molar-refractivity contribution in [1.82, 2.24) is 10.2 Å². The number of nitrogens with zero attached hydrogens (tertiary/aromatic N) is 2. The summed E-state index contributed by atoms with van der Waals surface area (Å²) in [6.45, 7) is 11.5. The van der Waals surface area contributed by atoms with Crippen molar-refractivity contribution in [2.75, 3.05) is 17.4 Å². The Balaban J connectivity index is 2.02. The van der Waals surface area contributed by atoms with Gasteiger partial charge in [0, 0.05) is 13.1 Å². The van der Waals surface area contributed by atoms with Crippen molar-refractivity contribution in [2.24, 2.45) is 5.92 Å². The third-order valence-electron chi connectivity index (χ3n) is 6.56. The van der Waals surface area contributed by atoms with Crippen LogP contribution in [0.2, 0.25) is 0 Å². The van der Waals surface area contributed by atoms with E-state index in [1.165, 1.54) is 4.90 Å². The zero-order valence-corrected chi connectivity index (χ0v) is 24.5. The Kier molecular flexibility index (Phi) is 9.92. The highest BCUT2D eigenvalue weighted by Gasteiger charge is 2.33. The normalized spacial score (nSPS) is 12.2. The number of amides is 2. The number of aryl methyl sites for hydroxylation is 3. The van der Waals surface area contributed by atoms with Crippen molar-refractivity contribution in [3.63, 3.8) is 0 Å². The highest BCUT2D eigenvalue weighted by atomic mass is 32.2. The van der Waals surface area contributed by atoms with Crippen molar-refractivity contribution in [2.45, 2.75) is 59.0 Å². The standard InChI is InChI=1S/C31H39N3O4S/c1-22(2)19-32-31(36)26(6)33(20-27-12-9-10-24(4)18-27)30(35)21-34(29-13-8-7-11-25(29)5)39(37,38)28-16-14-23(3)15-17-28/h7-18,22,26H,19-21H2,1-6H3,(H,32,36). The van der Waals surface area contributed by atoms with Crippen LogP contribution in [0.1, 0.15) is 43.0 Å². The SMILES string of the molecule is Cc1ccc(S(=O)(=O)N(CC(=O)N(Cc2cccc(C)c2)C(C)C(=O)NCC(C)C)c2ccccc2C)cc1. The Morgan fingerprint density at radius 2 is 1.51 bits per heavy atom. The minimum atomic E-state index is -4.08. The molecule has 0 fully saturated rings. The van der Waals surface area contributed by atoms with Gasteiger partial charge in [-0.2, -0.15) is 0 Å². The largest absolute Gasteiger partial charge is 0.354 e. The molecule has 0 bridgehead atoms. The van der Waals surface area contributed by atoms with Crippen LogP contribution in [-0.2, 0) is 26.2 Å². The second kappa shape index (κ2) is 12.9. The maximum atomic E-state index is 14.0. The molecule has 0 aromatic heterocycles. The highest BCUT2D eigenvalue weighted by Crippen LogP contribution is 2.27. The molecule has 2 amide bonds. The summed E-state index contributed by atoms with van der Waals surface area (Å²) in [6, 6.07) is 20.5. The van der Waals surface area contributed by atoms with Crippen LogP contribution in [0.25, 0.3) is 0 Å². The molecule has 39 heavy (non-hydrogen) atoms. The van der Waals surface area contributed by atoms with Gasteiger partial charge in [0.1, 0.15) is 12.6 Å². The highest BCUT2D eigenvalue weighted by molar-refractivity contribution is 7.92. The molecule has 1 unspecified atom stereocenters. The number of hydrogen-bond donors (Lipinski definition) is 1. The zero-order chi connectivity index (χ0) is 28.7. The Labute approximate surface area is 232 Å². The molecule has 7 nitrogen and oxygen atoms in total. The number of benzene rings is 3. The van der Waals surface area contributed by atoms with E-state index < -0.39 is 28.5 Å². The third-order valence-corrected chi connectivity index (χ3v) is 8.33. The summed E-state index contributed by atoms with van der Waals surface area (Å²) in [5.41, 5.74) is 3.95. The Bertz CT molecular complexity index is 1400. The van der Waals surface area contributed by atoms with Crippen molar-refractivity contribution >= 4 is 27.5 Å². The van der Waals surface area contributed by atoms with Crippen molar-refractivity contribution in [1.29, 1.82) is 0 Å². The number of carbonyl (C=O) groups excluding carboxylic acids is 2. The molecule has 3 rings (SSSR count). The fraction of sp³-hybridized carbons (Fsp3) is 0.355. The third kappa shape index (κ3) is 7.69. The maximum absolute atomic E-state index is 14.0. The smallest absolute Gasteiger partial charge is 0.264 e. The number of para-hydroxylation sites is 1. The molecule has 0 spiro atoms. The Hall–Kier alpha value is -3.65. The first-order valence-corrected chi connectivity index (χ1v) is 14.6. The second-order valence-corrected chi connectivity index (χ2v) is 12.3. The van der Waals surface area contributed by atoms with E-state index in [9.17, 15) is 18.0 Å². The summed E-state index contributed by atoms with van der Waals surface area (Å²) < 4.78 is 29.0. The first kappa shape index (κ1) is 29.9. The molecule has 0 aliphatic rings. The molecule has 0 aliphatic carbocycles. The first-order chi connectivity index (χ1) is 18.4. The van der Waals surface area contributed by atoms with Crippen molar-refractivity contribution in [3.8, 4) is 0 Å². The molecule has 0 saturated heterocycles. The van der Waals surface area contributed by atoms with Gasteiger partial charge in [0.05, 0.1) is 10.6 Å². The summed E-state index contributed by atoms with van der Waals surface area (Å²) in [6.07, 6.45) is 0. The molecule has 3 aromatic rings. The summed E-state index contributed by atoms with van der Waals surface area (Å²) in [5, 5.41) is 2.91. The maximum Gasteiger partial charge on any atom is 0.264 e. The van der Waals surface area contributed by atoms with Gasteiger partial charge in [-0.25, -0.2) is 8.42 Å². The first-order valence-electron chi connectivity index (χ1n) is 13.2. The van der Waals surface area contributed by atoms with E-state index >= 15 is 0 Å². The summed E-state index contributed by atoms with van der Waals surface area (Å²) >= 11 is 0. The molecule has 208 valence electrons. The van der Waals surface area contributed by atoms with Crippen LogP contribution in [0.4, 0.5) is 5.69 Å². The van der Waals surface area contributed by atoms with Gasteiger partial charge < -0.3 is 10.2 Å². The van der Waals surface area contributed by atoms with Gasteiger partial charge in [0.15, 0.2) is 0 Å². The van der Waals surface area contributed by atoms with Crippen LogP contribution < -0.4 is 9.62 Å². The van der Waals surface area contributed by atoms with Crippen LogP contribution in [0.15, 0.2) is 77.7 Å². The lowest BCUT2D eigenvalue weighted by molar-refractivity contribution is -0.139. The number of carbonyl (C=O) groups is 2. The molecule has 0 heterocycles. The summed E-state index contributed by atoms with van der Waals surface area (Å²) in [5.74, 6) is -0.505. The predicted molar refractivity (Wildman–Crippen MR) is 156 cm³/mol. The van der Waals surface area contributed by atoms with Crippen LogP contribution >= 0.6 is 0 Å². The minimum Gasteiger partial charge on any atom is -0.354 e. The van der Waals surface area contributed by atoms with E-state index in [-0.39, 0.29) is 23.3 Å². The van der Waals surface area contributed by atoms with E-state index in [1.54, 1.807) is 43.3 Å². The van der Waals surface area contributed by atoms with E-state index in [1.807, 2.05) is 71.0 Å². The van der Waals surface area contributed by atoms with Gasteiger partial charge in [-0.3, -0.25) is 13.9 Å². The molecule has 3 aromatic carbocycles. The van der Waals surface area contributed by atoms with Crippen LogP contribution in [0.3, 0.4) is 0 Å². The van der Waals surface area contributed by atoms with Crippen LogP contribution in [0, 0.1) is 26.7 Å². The lowest BCUT2D eigenvalue weighted by atomic mass is 10.1. The van der Waals surface area contributed by atoms with Crippen molar-refractivity contribution in [3.05, 3.63) is 95.1 Å². The minimum absolute atomic E-state index is 0.0945. The average molecular weight is 550 g/mol. The fourth-order valence-corrected chi connectivity index (χ4v) is 5.71. The predicted octanol–water partition coefficient (Wildman–Crippen LogP) is 5.00. The number of nitrogens with one attached hydrogen (secondary N) is 1. The number of sulfonamides is 1. The lowest BCUT2D eigenvalue weighted by Gasteiger charge is -2.32. The monoisotopic (exact) mass is 549 g/mol. The summed E-state index contributed by atoms with van der Waals surface area (Å²) in [7, 11) is -4.08. The molecular weight excluding hydrogens is 510 g/mol. The molecule has 0 aliphatic heterocycles. The van der Waals surface area contributed by atoms with Crippen LogP contribution in [0.5, 0.6) is 0 Å². The molecule has 8 heteroatoms. The van der Waals surface area contributed by atoms with Gasteiger partial charge in [0.2, 0.25) is 11.8 Å². The van der Waals surface area contributed by atoms with Gasteiger partial charge >= 0.3 is 0 Å². The topological polar surface area (TPSA) is 86.8 Å². The van der Waals surface area contributed by atoms with Gasteiger partial charge in [0.25, 0.3) is 10.0 Å². The molecular formula is C31H39N3O4S. The van der Waals surface area contributed by atoms with E-state index in [4.69, 9.17) is 0 Å². The number of anilines is 1. The molecule has 0 radical (unpaired) electrons. The number of rotatable bonds is 11. The Morgan fingerprint density at radius 1 is 0.846 bits per heavy atom. The van der Waals surface area contributed by atoms with Gasteiger partial charge in [-0.05, 0) is 62.9 Å².